The van der Waals surface area contributed by atoms with Crippen molar-refractivity contribution < 1.29 is 4.39 Å². The molecular formula is C16H16FN3. The molecule has 1 aliphatic heterocycles. The number of hydrazone groups is 1. The van der Waals surface area contributed by atoms with Crippen LogP contribution in [-0.4, -0.2) is 12.3 Å². The second-order valence-electron chi connectivity index (χ2n) is 4.82. The van der Waals surface area contributed by atoms with Crippen molar-refractivity contribution in [2.75, 3.05) is 11.6 Å². The lowest BCUT2D eigenvalue weighted by molar-refractivity contribution is 0.624. The molecule has 20 heavy (non-hydrogen) atoms. The summed E-state index contributed by atoms with van der Waals surface area (Å²) in [7, 11) is 0. The first-order chi connectivity index (χ1) is 9.78. The van der Waals surface area contributed by atoms with Gasteiger partial charge >= 0.3 is 0 Å². The highest BCUT2D eigenvalue weighted by atomic mass is 19.1. The van der Waals surface area contributed by atoms with E-state index in [1.54, 1.807) is 0 Å². The van der Waals surface area contributed by atoms with Gasteiger partial charge in [-0.3, -0.25) is 5.01 Å². The molecule has 1 heterocycles. The average molecular weight is 269 g/mol. The summed E-state index contributed by atoms with van der Waals surface area (Å²) in [6.45, 7) is 0.445. The molecule has 3 rings (SSSR count). The monoisotopic (exact) mass is 269 g/mol. The third kappa shape index (κ3) is 2.42. The highest BCUT2D eigenvalue weighted by Gasteiger charge is 2.28. The Balaban J connectivity index is 1.95. The Hall–Kier alpha value is -2.20. The fourth-order valence-corrected chi connectivity index (χ4v) is 2.46. The molecule has 102 valence electrons. The number of anilines is 1. The summed E-state index contributed by atoms with van der Waals surface area (Å²) in [5.74, 6) is -0.224. The van der Waals surface area contributed by atoms with Crippen molar-refractivity contribution in [2.45, 2.75) is 12.5 Å². The largest absolute Gasteiger partial charge is 0.325 e. The Morgan fingerprint density at radius 1 is 1.10 bits per heavy atom. The Morgan fingerprint density at radius 2 is 1.80 bits per heavy atom. The molecular weight excluding hydrogens is 253 g/mol. The van der Waals surface area contributed by atoms with Gasteiger partial charge in [0.2, 0.25) is 0 Å². The van der Waals surface area contributed by atoms with Gasteiger partial charge in [-0.25, -0.2) is 4.39 Å². The lowest BCUT2D eigenvalue weighted by Gasteiger charge is -2.24. The summed E-state index contributed by atoms with van der Waals surface area (Å²) in [5, 5.41) is 6.56. The van der Waals surface area contributed by atoms with Crippen molar-refractivity contribution >= 4 is 11.4 Å². The molecule has 2 aromatic rings. The van der Waals surface area contributed by atoms with Crippen LogP contribution < -0.4 is 10.7 Å². The van der Waals surface area contributed by atoms with Gasteiger partial charge in [-0.1, -0.05) is 30.3 Å². The van der Waals surface area contributed by atoms with E-state index in [2.05, 4.69) is 5.10 Å². The van der Waals surface area contributed by atoms with Crippen molar-refractivity contribution in [2.24, 2.45) is 10.8 Å². The van der Waals surface area contributed by atoms with Gasteiger partial charge in [0.15, 0.2) is 0 Å². The van der Waals surface area contributed by atoms with Gasteiger partial charge in [-0.2, -0.15) is 5.10 Å². The molecule has 3 nitrogen and oxygen atoms in total. The van der Waals surface area contributed by atoms with Gasteiger partial charge in [-0.15, -0.1) is 0 Å². The smallest absolute Gasteiger partial charge is 0.123 e. The van der Waals surface area contributed by atoms with Gasteiger partial charge in [0, 0.05) is 13.0 Å². The van der Waals surface area contributed by atoms with Crippen LogP contribution in [0, 0.1) is 5.82 Å². The van der Waals surface area contributed by atoms with Crippen LogP contribution in [0.4, 0.5) is 10.1 Å². The molecule has 1 atom stereocenters. The van der Waals surface area contributed by atoms with Crippen molar-refractivity contribution in [3.63, 3.8) is 0 Å². The quantitative estimate of drug-likeness (QED) is 0.930. The Morgan fingerprint density at radius 3 is 2.45 bits per heavy atom. The fourth-order valence-electron chi connectivity index (χ4n) is 2.46. The molecule has 0 bridgehead atoms. The van der Waals surface area contributed by atoms with Crippen LogP contribution in [0.1, 0.15) is 18.0 Å². The summed E-state index contributed by atoms with van der Waals surface area (Å²) < 4.78 is 13.1. The minimum atomic E-state index is -0.224. The molecule has 2 aromatic carbocycles. The molecule has 0 saturated carbocycles. The molecule has 2 N–H and O–H groups in total. The van der Waals surface area contributed by atoms with E-state index in [-0.39, 0.29) is 11.9 Å². The molecule has 0 saturated heterocycles. The number of nitrogens with zero attached hydrogens (tertiary/aromatic N) is 2. The van der Waals surface area contributed by atoms with E-state index in [1.807, 2.05) is 47.5 Å². The van der Waals surface area contributed by atoms with Crippen molar-refractivity contribution in [1.82, 2.24) is 0 Å². The molecule has 0 aromatic heterocycles. The van der Waals surface area contributed by atoms with Gasteiger partial charge in [0.05, 0.1) is 17.4 Å². The Kier molecular flexibility index (Phi) is 3.48. The minimum absolute atomic E-state index is 0.0801. The molecule has 0 radical (unpaired) electrons. The predicted molar refractivity (Wildman–Crippen MR) is 79.2 cm³/mol. The van der Waals surface area contributed by atoms with Crippen molar-refractivity contribution in [3.8, 4) is 0 Å². The van der Waals surface area contributed by atoms with Crippen LogP contribution in [0.3, 0.4) is 0 Å². The van der Waals surface area contributed by atoms with Gasteiger partial charge < -0.3 is 5.73 Å². The maximum absolute atomic E-state index is 13.1. The molecule has 0 fully saturated rings. The van der Waals surface area contributed by atoms with Crippen molar-refractivity contribution in [3.05, 3.63) is 66.0 Å². The zero-order chi connectivity index (χ0) is 13.9. The lowest BCUT2D eigenvalue weighted by atomic mass is 10.0. The third-order valence-electron chi connectivity index (χ3n) is 3.48. The van der Waals surface area contributed by atoms with Crippen LogP contribution in [0.2, 0.25) is 0 Å². The summed E-state index contributed by atoms with van der Waals surface area (Å²) in [5.41, 5.74) is 8.75. The van der Waals surface area contributed by atoms with Crippen LogP contribution in [0.5, 0.6) is 0 Å². The first-order valence-electron chi connectivity index (χ1n) is 6.64. The van der Waals surface area contributed by atoms with Crippen LogP contribution in [0.15, 0.2) is 59.7 Å². The number of rotatable bonds is 3. The highest BCUT2D eigenvalue weighted by Crippen LogP contribution is 2.34. The van der Waals surface area contributed by atoms with E-state index in [1.165, 1.54) is 12.1 Å². The van der Waals surface area contributed by atoms with Crippen LogP contribution >= 0.6 is 0 Å². The van der Waals surface area contributed by atoms with E-state index in [9.17, 15) is 4.39 Å². The topological polar surface area (TPSA) is 41.6 Å². The zero-order valence-electron chi connectivity index (χ0n) is 11.0. The molecule has 4 heteroatoms. The van der Waals surface area contributed by atoms with E-state index < -0.39 is 0 Å². The van der Waals surface area contributed by atoms with Gasteiger partial charge in [0.25, 0.3) is 0 Å². The fraction of sp³-hybridized carbons (Fsp3) is 0.188. The van der Waals surface area contributed by atoms with E-state index in [4.69, 9.17) is 5.73 Å². The maximum atomic E-state index is 13.1. The maximum Gasteiger partial charge on any atom is 0.123 e. The predicted octanol–water partition coefficient (Wildman–Crippen LogP) is 3.09. The second kappa shape index (κ2) is 5.43. The Bertz CT molecular complexity index is 607. The second-order valence-corrected chi connectivity index (χ2v) is 4.82. The van der Waals surface area contributed by atoms with Gasteiger partial charge in [0.1, 0.15) is 5.82 Å². The standard InChI is InChI=1S/C16H16FN3/c17-13-8-6-12(7-9-13)16-10-14(11-18)19-20(16)15-4-2-1-3-5-15/h1-9,16H,10-11,18H2. The molecule has 0 aliphatic carbocycles. The van der Waals surface area contributed by atoms with E-state index >= 15 is 0 Å². The number of para-hydroxylation sites is 1. The number of halogens is 1. The number of hydrogen-bond donors (Lipinski definition) is 1. The van der Waals surface area contributed by atoms with Crippen molar-refractivity contribution in [1.29, 1.82) is 0 Å². The van der Waals surface area contributed by atoms with E-state index in [0.29, 0.717) is 6.54 Å². The van der Waals surface area contributed by atoms with E-state index in [0.717, 1.165) is 23.4 Å². The zero-order valence-corrected chi connectivity index (χ0v) is 11.0. The molecule has 1 unspecified atom stereocenters. The molecule has 0 amide bonds. The summed E-state index contributed by atoms with van der Waals surface area (Å²) in [6, 6.07) is 16.6. The molecule has 1 aliphatic rings. The Labute approximate surface area is 117 Å². The first kappa shape index (κ1) is 12.8. The number of nitrogens with two attached hydrogens (primary N) is 1. The summed E-state index contributed by atoms with van der Waals surface area (Å²) >= 11 is 0. The van der Waals surface area contributed by atoms with Crippen LogP contribution in [0.25, 0.3) is 0 Å². The SMILES string of the molecule is NCC1=NN(c2ccccc2)C(c2ccc(F)cc2)C1. The highest BCUT2D eigenvalue weighted by molar-refractivity contribution is 5.90. The normalized spacial score (nSPS) is 18.2. The number of hydrogen-bond acceptors (Lipinski definition) is 3. The minimum Gasteiger partial charge on any atom is -0.325 e. The number of benzene rings is 2. The molecule has 0 spiro atoms. The van der Waals surface area contributed by atoms with Gasteiger partial charge in [-0.05, 0) is 29.8 Å². The summed E-state index contributed by atoms with van der Waals surface area (Å²) in [4.78, 5) is 0. The first-order valence-corrected chi connectivity index (χ1v) is 6.64. The summed E-state index contributed by atoms with van der Waals surface area (Å²) in [6.07, 6.45) is 0.775. The average Bonchev–Trinajstić information content (AvgIpc) is 2.93. The lowest BCUT2D eigenvalue weighted by Crippen LogP contribution is -2.18. The third-order valence-corrected chi connectivity index (χ3v) is 3.48. The van der Waals surface area contributed by atoms with Crippen LogP contribution in [-0.2, 0) is 0 Å².